The summed E-state index contributed by atoms with van der Waals surface area (Å²) in [6.07, 6.45) is 0.785. The molecule has 1 aliphatic rings. The van der Waals surface area contributed by atoms with Gasteiger partial charge in [0.05, 0.1) is 11.5 Å². The van der Waals surface area contributed by atoms with Gasteiger partial charge in [-0.05, 0) is 19.9 Å². The predicted molar refractivity (Wildman–Crippen MR) is 47.3 cm³/mol. The van der Waals surface area contributed by atoms with Gasteiger partial charge in [0, 0.05) is 0 Å². The average molecular weight is 207 g/mol. The summed E-state index contributed by atoms with van der Waals surface area (Å²) in [5.41, 5.74) is -1.27. The predicted octanol–water partition coefficient (Wildman–Crippen LogP) is -0.762. The molecule has 6 heteroatoms. The second-order valence-corrected chi connectivity index (χ2v) is 5.52. The van der Waals surface area contributed by atoms with Crippen LogP contribution in [0.3, 0.4) is 0 Å². The van der Waals surface area contributed by atoms with E-state index in [4.69, 9.17) is 5.11 Å². The minimum atomic E-state index is -3.19. The first-order chi connectivity index (χ1) is 5.92. The van der Waals surface area contributed by atoms with E-state index in [1.807, 2.05) is 0 Å². The van der Waals surface area contributed by atoms with Gasteiger partial charge in [0.1, 0.15) is 5.54 Å². The smallest absolute Gasteiger partial charge is 0.324 e. The van der Waals surface area contributed by atoms with Crippen LogP contribution >= 0.6 is 0 Å². The lowest BCUT2D eigenvalue weighted by atomic mass is 9.96. The number of carboxylic acids is 1. The molecule has 5 nitrogen and oxygen atoms in total. The van der Waals surface area contributed by atoms with Gasteiger partial charge in [-0.15, -0.1) is 0 Å². The Morgan fingerprint density at radius 3 is 2.46 bits per heavy atom. The van der Waals surface area contributed by atoms with Crippen LogP contribution in [-0.4, -0.2) is 43.6 Å². The molecule has 2 N–H and O–H groups in total. The van der Waals surface area contributed by atoms with Gasteiger partial charge in [-0.1, -0.05) is 0 Å². The second-order valence-electron chi connectivity index (χ2n) is 3.33. The third-order valence-corrected chi connectivity index (χ3v) is 4.26. The van der Waals surface area contributed by atoms with E-state index in [0.29, 0.717) is 12.8 Å². The first kappa shape index (κ1) is 10.5. The first-order valence-corrected chi connectivity index (χ1v) is 5.87. The minimum Gasteiger partial charge on any atom is -0.480 e. The molecule has 1 fully saturated rings. The molecular formula is C7H13NO4S. The van der Waals surface area contributed by atoms with Crippen LogP contribution < -0.4 is 5.32 Å². The lowest BCUT2D eigenvalue weighted by Crippen LogP contribution is -2.57. The standard InChI is InChI=1S/C7H13NO4S/c1-8-7(6(9)10)3-2-4-13(11,12)5-7/h8H,2-5H2,1H3,(H,9,10). The fourth-order valence-electron chi connectivity index (χ4n) is 1.59. The van der Waals surface area contributed by atoms with Crippen LogP contribution in [-0.2, 0) is 14.6 Å². The molecule has 13 heavy (non-hydrogen) atoms. The molecule has 0 aromatic carbocycles. The highest BCUT2D eigenvalue weighted by atomic mass is 32.2. The number of hydrogen-bond donors (Lipinski definition) is 2. The zero-order valence-corrected chi connectivity index (χ0v) is 8.23. The molecule has 0 aliphatic carbocycles. The van der Waals surface area contributed by atoms with E-state index in [0.717, 1.165) is 0 Å². The number of likely N-dealkylation sites (N-methyl/N-ethyl adjacent to an activating group) is 1. The van der Waals surface area contributed by atoms with Crippen molar-refractivity contribution in [2.24, 2.45) is 0 Å². The SMILES string of the molecule is CNC1(C(=O)O)CCCS(=O)(=O)C1. The number of aliphatic carboxylic acids is 1. The van der Waals surface area contributed by atoms with E-state index >= 15 is 0 Å². The normalized spacial score (nSPS) is 32.7. The van der Waals surface area contributed by atoms with Crippen molar-refractivity contribution in [2.75, 3.05) is 18.6 Å². The molecule has 0 amide bonds. The van der Waals surface area contributed by atoms with Crippen LogP contribution in [0.2, 0.25) is 0 Å². The molecule has 1 saturated heterocycles. The van der Waals surface area contributed by atoms with E-state index in [1.54, 1.807) is 0 Å². The zero-order valence-electron chi connectivity index (χ0n) is 7.41. The van der Waals surface area contributed by atoms with Gasteiger partial charge in [-0.25, -0.2) is 8.42 Å². The van der Waals surface area contributed by atoms with Crippen LogP contribution in [0.1, 0.15) is 12.8 Å². The summed E-state index contributed by atoms with van der Waals surface area (Å²) in [6, 6.07) is 0. The van der Waals surface area contributed by atoms with Crippen molar-refractivity contribution in [1.82, 2.24) is 5.32 Å². The average Bonchev–Trinajstić information content (AvgIpc) is 2.02. The number of sulfone groups is 1. The Morgan fingerprint density at radius 1 is 1.54 bits per heavy atom. The molecule has 1 unspecified atom stereocenters. The third kappa shape index (κ3) is 2.00. The Labute approximate surface area is 77.1 Å². The van der Waals surface area contributed by atoms with Gasteiger partial charge >= 0.3 is 5.97 Å². The van der Waals surface area contributed by atoms with Crippen molar-refractivity contribution in [2.45, 2.75) is 18.4 Å². The maximum atomic E-state index is 11.2. The highest BCUT2D eigenvalue weighted by molar-refractivity contribution is 7.91. The Kier molecular flexibility index (Phi) is 2.63. The van der Waals surface area contributed by atoms with Crippen molar-refractivity contribution in [3.8, 4) is 0 Å². The molecule has 76 valence electrons. The van der Waals surface area contributed by atoms with Crippen molar-refractivity contribution in [3.63, 3.8) is 0 Å². The Hall–Kier alpha value is -0.620. The first-order valence-electron chi connectivity index (χ1n) is 4.05. The van der Waals surface area contributed by atoms with Crippen molar-refractivity contribution < 1.29 is 18.3 Å². The van der Waals surface area contributed by atoms with E-state index in [-0.39, 0.29) is 11.5 Å². The highest BCUT2D eigenvalue weighted by Crippen LogP contribution is 2.22. The topological polar surface area (TPSA) is 83.5 Å². The molecule has 0 spiro atoms. The fraction of sp³-hybridized carbons (Fsp3) is 0.857. The number of carboxylic acid groups (broad SMARTS) is 1. The van der Waals surface area contributed by atoms with E-state index in [2.05, 4.69) is 5.32 Å². The molecule has 1 heterocycles. The van der Waals surface area contributed by atoms with Gasteiger partial charge in [0.25, 0.3) is 0 Å². The highest BCUT2D eigenvalue weighted by Gasteiger charge is 2.44. The van der Waals surface area contributed by atoms with Crippen LogP contribution in [0.4, 0.5) is 0 Å². The quantitative estimate of drug-likeness (QED) is 0.621. The van der Waals surface area contributed by atoms with Crippen molar-refractivity contribution in [3.05, 3.63) is 0 Å². The van der Waals surface area contributed by atoms with Crippen LogP contribution in [0.25, 0.3) is 0 Å². The molecular weight excluding hydrogens is 194 g/mol. The molecule has 1 aliphatic heterocycles. The Balaban J connectivity index is 2.95. The third-order valence-electron chi connectivity index (χ3n) is 2.41. The molecule has 0 aromatic rings. The minimum absolute atomic E-state index is 0.101. The lowest BCUT2D eigenvalue weighted by molar-refractivity contribution is -0.144. The van der Waals surface area contributed by atoms with Crippen molar-refractivity contribution >= 4 is 15.8 Å². The van der Waals surface area contributed by atoms with Crippen molar-refractivity contribution in [1.29, 1.82) is 0 Å². The molecule has 0 aromatic heterocycles. The summed E-state index contributed by atoms with van der Waals surface area (Å²) >= 11 is 0. The maximum absolute atomic E-state index is 11.2. The van der Waals surface area contributed by atoms with Gasteiger partial charge in [0.15, 0.2) is 9.84 Å². The monoisotopic (exact) mass is 207 g/mol. The lowest BCUT2D eigenvalue weighted by Gasteiger charge is -2.32. The summed E-state index contributed by atoms with van der Waals surface area (Å²) in [4.78, 5) is 10.9. The second kappa shape index (κ2) is 3.26. The Morgan fingerprint density at radius 2 is 2.15 bits per heavy atom. The van der Waals surface area contributed by atoms with Gasteiger partial charge in [-0.2, -0.15) is 0 Å². The molecule has 0 bridgehead atoms. The zero-order chi connectivity index (χ0) is 10.1. The maximum Gasteiger partial charge on any atom is 0.324 e. The number of carbonyl (C=O) groups is 1. The molecule has 1 rings (SSSR count). The van der Waals surface area contributed by atoms with Gasteiger partial charge in [-0.3, -0.25) is 4.79 Å². The fourth-order valence-corrected chi connectivity index (χ4v) is 3.48. The molecule has 1 atom stereocenters. The number of hydrogen-bond acceptors (Lipinski definition) is 4. The summed E-state index contributed by atoms with van der Waals surface area (Å²) < 4.78 is 22.5. The summed E-state index contributed by atoms with van der Waals surface area (Å²) in [7, 11) is -1.71. The van der Waals surface area contributed by atoms with E-state index in [9.17, 15) is 13.2 Å². The van der Waals surface area contributed by atoms with E-state index in [1.165, 1.54) is 7.05 Å². The number of nitrogens with one attached hydrogen (secondary N) is 1. The number of rotatable bonds is 2. The van der Waals surface area contributed by atoms with Crippen LogP contribution in [0, 0.1) is 0 Å². The molecule has 0 saturated carbocycles. The Bertz CT molecular complexity index is 310. The van der Waals surface area contributed by atoms with Gasteiger partial charge < -0.3 is 10.4 Å². The van der Waals surface area contributed by atoms with Crippen LogP contribution in [0.5, 0.6) is 0 Å². The molecule has 0 radical (unpaired) electrons. The van der Waals surface area contributed by atoms with Crippen LogP contribution in [0.15, 0.2) is 0 Å². The van der Waals surface area contributed by atoms with E-state index < -0.39 is 21.3 Å². The summed E-state index contributed by atoms with van der Waals surface area (Å²) in [5, 5.41) is 11.5. The van der Waals surface area contributed by atoms with Gasteiger partial charge in [0.2, 0.25) is 0 Å². The summed E-state index contributed by atoms with van der Waals surface area (Å²) in [6.45, 7) is 0. The largest absolute Gasteiger partial charge is 0.480 e. The summed E-state index contributed by atoms with van der Waals surface area (Å²) in [5.74, 6) is -1.28.